The monoisotopic (exact) mass is 462 g/mol. The second-order valence-corrected chi connectivity index (χ2v) is 11.0. The number of aliphatic hydroxyl groups excluding tert-OH is 1. The van der Waals surface area contributed by atoms with Crippen LogP contribution in [0.3, 0.4) is 0 Å². The fraction of sp³-hybridized carbons (Fsp3) is 0.706. The number of H-pyrrole nitrogens is 1. The van der Waals surface area contributed by atoms with Crippen molar-refractivity contribution >= 4 is 35.6 Å². The molecular formula is C17H29N5O6PS-. The molecular weight excluding hydrogens is 433 g/mol. The summed E-state index contributed by atoms with van der Waals surface area (Å²) in [7, 11) is 0. The van der Waals surface area contributed by atoms with Crippen LogP contribution in [0.4, 0.5) is 5.95 Å². The van der Waals surface area contributed by atoms with Gasteiger partial charge in [-0.05, 0) is 25.7 Å². The maximum absolute atomic E-state index is 12.3. The van der Waals surface area contributed by atoms with Crippen LogP contribution in [0, 0.1) is 5.41 Å². The van der Waals surface area contributed by atoms with Crippen LogP contribution >= 0.6 is 6.72 Å². The first-order valence-corrected chi connectivity index (χ1v) is 12.0. The number of rotatable bonds is 10. The van der Waals surface area contributed by atoms with E-state index in [0.29, 0.717) is 6.42 Å². The Morgan fingerprint density at radius 1 is 1.43 bits per heavy atom. The Labute approximate surface area is 179 Å². The molecule has 13 heteroatoms. The molecule has 2 heterocycles. The molecule has 3 atom stereocenters. The van der Waals surface area contributed by atoms with Crippen LogP contribution < -0.4 is 16.2 Å². The largest absolute Gasteiger partial charge is 0.780 e. The van der Waals surface area contributed by atoms with Gasteiger partial charge in [0.05, 0.1) is 31.7 Å². The summed E-state index contributed by atoms with van der Waals surface area (Å²) in [6.45, 7) is 5.20. The number of anilines is 1. The zero-order valence-corrected chi connectivity index (χ0v) is 19.4. The fourth-order valence-electron chi connectivity index (χ4n) is 2.86. The van der Waals surface area contributed by atoms with Crippen LogP contribution in [0.2, 0.25) is 0 Å². The highest BCUT2D eigenvalue weighted by Gasteiger charge is 2.26. The highest BCUT2D eigenvalue weighted by atomic mass is 32.5. The highest BCUT2D eigenvalue weighted by Crippen LogP contribution is 2.41. The van der Waals surface area contributed by atoms with E-state index in [2.05, 4.69) is 15.0 Å². The minimum absolute atomic E-state index is 0.0651. The average Bonchev–Trinajstić information content (AvgIpc) is 2.99. The second-order valence-electron chi connectivity index (χ2n) is 8.33. The van der Waals surface area contributed by atoms with Crippen molar-refractivity contribution < 1.29 is 23.8 Å². The molecule has 30 heavy (non-hydrogen) atoms. The van der Waals surface area contributed by atoms with E-state index in [1.807, 2.05) is 20.8 Å². The van der Waals surface area contributed by atoms with Crippen molar-refractivity contribution in [2.45, 2.75) is 59.5 Å². The number of aliphatic hydroxyl groups is 1. The molecule has 4 N–H and O–H groups in total. The van der Waals surface area contributed by atoms with Crippen LogP contribution in [0.1, 0.15) is 47.3 Å². The molecule has 0 aliphatic carbocycles. The molecule has 0 saturated carbocycles. The van der Waals surface area contributed by atoms with Crippen LogP contribution in [0.15, 0.2) is 11.1 Å². The minimum Gasteiger partial charge on any atom is -0.780 e. The number of nitrogens with zero attached hydrogens (tertiary/aromatic N) is 3. The molecule has 0 aromatic carbocycles. The van der Waals surface area contributed by atoms with Gasteiger partial charge in [-0.3, -0.25) is 14.3 Å². The van der Waals surface area contributed by atoms with E-state index in [0.717, 1.165) is 0 Å². The molecule has 0 aliphatic rings. The summed E-state index contributed by atoms with van der Waals surface area (Å²) in [5.41, 5.74) is 5.19. The first-order valence-electron chi connectivity index (χ1n) is 9.44. The van der Waals surface area contributed by atoms with E-state index in [9.17, 15) is 14.8 Å². The average molecular weight is 462 g/mol. The summed E-state index contributed by atoms with van der Waals surface area (Å²) < 4.78 is 18.0. The molecule has 2 aromatic heterocycles. The van der Waals surface area contributed by atoms with Gasteiger partial charge in [0.15, 0.2) is 17.4 Å². The van der Waals surface area contributed by atoms with Gasteiger partial charge in [0.25, 0.3) is 5.56 Å². The molecule has 0 bridgehead atoms. The third kappa shape index (κ3) is 7.09. The van der Waals surface area contributed by atoms with E-state index in [4.69, 9.17) is 31.3 Å². The zero-order chi connectivity index (χ0) is 22.7. The molecule has 2 aromatic rings. The Morgan fingerprint density at radius 2 is 2.10 bits per heavy atom. The molecule has 11 nitrogen and oxygen atoms in total. The van der Waals surface area contributed by atoms with Crippen LogP contribution in [-0.4, -0.2) is 50.0 Å². The van der Waals surface area contributed by atoms with Crippen molar-refractivity contribution in [2.75, 3.05) is 18.9 Å². The standard InChI is InChI=1S/C17H30N5O6PS/c1-10(2)28-29(25,30)26-8-11(6-17(3,4)5)27-12(7-23)22-9-19-13-14(22)20-16(18)21-15(13)24/h9-12,23H,6-8H2,1-5H3,(H,25,30)(H3,18,20,21,24)/p-1/t11-,12-,29?/m1/s1. The molecule has 0 spiro atoms. The lowest BCUT2D eigenvalue weighted by Crippen LogP contribution is -2.31. The molecule has 0 amide bonds. The zero-order valence-electron chi connectivity index (χ0n) is 17.7. The Kier molecular flexibility index (Phi) is 8.14. The van der Waals surface area contributed by atoms with Crippen molar-refractivity contribution in [1.29, 1.82) is 0 Å². The van der Waals surface area contributed by atoms with Crippen molar-refractivity contribution in [1.82, 2.24) is 19.5 Å². The van der Waals surface area contributed by atoms with Crippen molar-refractivity contribution in [3.63, 3.8) is 0 Å². The second kappa shape index (κ2) is 9.82. The first-order chi connectivity index (χ1) is 13.8. The third-order valence-corrected chi connectivity index (χ3v) is 5.58. The van der Waals surface area contributed by atoms with E-state index >= 15 is 0 Å². The molecule has 0 saturated heterocycles. The predicted octanol–water partition coefficient (Wildman–Crippen LogP) is 1.04. The Hall–Kier alpha value is -1.40. The van der Waals surface area contributed by atoms with E-state index in [1.54, 1.807) is 13.8 Å². The van der Waals surface area contributed by atoms with Gasteiger partial charge in [0.1, 0.15) is 6.72 Å². The number of hydrogen-bond acceptors (Lipinski definition) is 10. The molecule has 0 radical (unpaired) electrons. The van der Waals surface area contributed by atoms with Gasteiger partial charge in [0, 0.05) is 0 Å². The molecule has 170 valence electrons. The van der Waals surface area contributed by atoms with Gasteiger partial charge in [-0.15, -0.1) is 0 Å². The van der Waals surface area contributed by atoms with E-state index < -0.39 is 31.2 Å². The summed E-state index contributed by atoms with van der Waals surface area (Å²) in [5.74, 6) is -0.0848. The van der Waals surface area contributed by atoms with Gasteiger partial charge in [-0.25, -0.2) is 4.98 Å². The highest BCUT2D eigenvalue weighted by molar-refractivity contribution is 8.06. The summed E-state index contributed by atoms with van der Waals surface area (Å²) in [4.78, 5) is 34.8. The number of hydrogen-bond donors (Lipinski definition) is 3. The number of nitrogens with one attached hydrogen (secondary N) is 1. The minimum atomic E-state index is -3.68. The number of aromatic amines is 1. The summed E-state index contributed by atoms with van der Waals surface area (Å²) in [6.07, 6.45) is -0.0423. The number of fused-ring (bicyclic) bond motifs is 1. The number of ether oxygens (including phenoxy) is 1. The van der Waals surface area contributed by atoms with Gasteiger partial charge < -0.3 is 29.5 Å². The maximum Gasteiger partial charge on any atom is 0.280 e. The Morgan fingerprint density at radius 3 is 2.67 bits per heavy atom. The van der Waals surface area contributed by atoms with Crippen LogP contribution in [0.25, 0.3) is 11.2 Å². The van der Waals surface area contributed by atoms with Gasteiger partial charge in [-0.1, -0.05) is 32.6 Å². The number of nitrogens with two attached hydrogens (primary N) is 1. The lowest BCUT2D eigenvalue weighted by molar-refractivity contribution is -0.214. The number of imidazole rings is 1. The quantitative estimate of drug-likeness (QED) is 0.435. The summed E-state index contributed by atoms with van der Waals surface area (Å²) >= 11 is 4.92. The molecule has 0 aliphatic heterocycles. The first kappa shape index (κ1) is 24.9. The van der Waals surface area contributed by atoms with Crippen LogP contribution in [0.5, 0.6) is 0 Å². The summed E-state index contributed by atoms with van der Waals surface area (Å²) in [5, 5.41) is 9.93. The van der Waals surface area contributed by atoms with Gasteiger partial charge >= 0.3 is 0 Å². The topological polar surface area (TPSA) is 161 Å². The fourth-order valence-corrected chi connectivity index (χ4v) is 4.49. The molecule has 0 fully saturated rings. The third-order valence-electron chi connectivity index (χ3n) is 3.87. The van der Waals surface area contributed by atoms with Crippen LogP contribution in [-0.2, 0) is 25.6 Å². The predicted molar refractivity (Wildman–Crippen MR) is 114 cm³/mol. The normalized spacial score (nSPS) is 16.7. The van der Waals surface area contributed by atoms with Gasteiger partial charge in [-0.2, -0.15) is 4.98 Å². The van der Waals surface area contributed by atoms with E-state index in [1.165, 1.54) is 10.9 Å². The maximum atomic E-state index is 12.3. The van der Waals surface area contributed by atoms with Gasteiger partial charge in [0.2, 0.25) is 5.95 Å². The van der Waals surface area contributed by atoms with E-state index in [-0.39, 0.29) is 35.2 Å². The van der Waals surface area contributed by atoms with Crippen molar-refractivity contribution in [3.8, 4) is 0 Å². The smallest absolute Gasteiger partial charge is 0.280 e. The van der Waals surface area contributed by atoms with Crippen molar-refractivity contribution in [2.24, 2.45) is 5.41 Å². The lowest BCUT2D eigenvalue weighted by Gasteiger charge is -2.34. The Bertz CT molecular complexity index is 956. The SMILES string of the molecule is CC(C)OP([O-])(=S)OC[C@@H](CC(C)(C)C)O[C@H](CO)n1cnc2c(=O)[nH]c(N)nc21. The number of aromatic nitrogens is 4. The molecule has 2 rings (SSSR count). The lowest BCUT2D eigenvalue weighted by atomic mass is 9.89. The molecule has 1 unspecified atom stereocenters. The summed E-state index contributed by atoms with van der Waals surface area (Å²) in [6, 6.07) is 0. The Balaban J connectivity index is 2.26. The number of nitrogen functional groups attached to an aromatic ring is 1. The van der Waals surface area contributed by atoms with Crippen molar-refractivity contribution in [3.05, 3.63) is 16.7 Å².